The first-order valence-corrected chi connectivity index (χ1v) is 12.2. The van der Waals surface area contributed by atoms with Crippen LogP contribution < -0.4 is 5.32 Å². The lowest BCUT2D eigenvalue weighted by Crippen LogP contribution is -2.45. The van der Waals surface area contributed by atoms with Gasteiger partial charge in [0.05, 0.1) is 18.7 Å². The normalized spacial score (nSPS) is 18.9. The smallest absolute Gasteiger partial charge is 0.251 e. The molecule has 3 amide bonds. The fraction of sp³-hybridized carbons (Fsp3) is 0.577. The number of rotatable bonds is 10. The number of nitrogens with zero attached hydrogens (tertiary/aromatic N) is 2. The molecule has 1 aliphatic carbocycles. The van der Waals surface area contributed by atoms with Crippen LogP contribution in [-0.4, -0.2) is 47.2 Å². The van der Waals surface area contributed by atoms with Crippen LogP contribution in [0.25, 0.3) is 0 Å². The summed E-state index contributed by atoms with van der Waals surface area (Å²) in [5.74, 6) is -0.191. The van der Waals surface area contributed by atoms with E-state index in [0.717, 1.165) is 25.0 Å². The van der Waals surface area contributed by atoms with Gasteiger partial charge in [-0.1, -0.05) is 11.6 Å². The van der Waals surface area contributed by atoms with E-state index in [-0.39, 0.29) is 30.7 Å². The van der Waals surface area contributed by atoms with E-state index in [1.807, 2.05) is 20.8 Å². The van der Waals surface area contributed by atoms with E-state index in [1.54, 1.807) is 28.2 Å². The summed E-state index contributed by atoms with van der Waals surface area (Å²) in [6, 6.07) is 3.56. The van der Waals surface area contributed by atoms with Crippen molar-refractivity contribution in [2.75, 3.05) is 19.6 Å². The van der Waals surface area contributed by atoms with E-state index >= 15 is 0 Å². The standard InChI is InChI=1S/C26H37N3O4/c1-4-28(5-2)26(32)23-16-21(17-24(30)27-18-22-12-9-15-33-22)25(31)29(19(23)3)14-13-20-10-7-6-8-11-20/h9-10,12,15,21H,4-8,11,13-14,16-18H2,1-3H3,(H,27,30). The number of carbonyl (C=O) groups excluding carboxylic acids is 3. The number of likely N-dealkylation sites (N-methyl/N-ethyl adjacent to an activating group) is 1. The number of allylic oxidation sites excluding steroid dienone is 2. The first-order valence-electron chi connectivity index (χ1n) is 12.2. The van der Waals surface area contributed by atoms with Gasteiger partial charge in [-0.05, 0) is 71.4 Å². The van der Waals surface area contributed by atoms with Gasteiger partial charge >= 0.3 is 0 Å². The molecule has 3 rings (SSSR count). The first kappa shape index (κ1) is 24.8. The van der Waals surface area contributed by atoms with Gasteiger partial charge in [0.2, 0.25) is 11.8 Å². The molecule has 1 aromatic rings. The summed E-state index contributed by atoms with van der Waals surface area (Å²) in [6.07, 6.45) is 9.61. The molecule has 0 aromatic carbocycles. The summed E-state index contributed by atoms with van der Waals surface area (Å²) in [5, 5.41) is 2.83. The molecule has 2 heterocycles. The van der Waals surface area contributed by atoms with E-state index in [4.69, 9.17) is 4.42 Å². The predicted octanol–water partition coefficient (Wildman–Crippen LogP) is 4.17. The van der Waals surface area contributed by atoms with Crippen LogP contribution in [0.2, 0.25) is 0 Å². The Bertz CT molecular complexity index is 897. The lowest BCUT2D eigenvalue weighted by Gasteiger charge is -2.36. The third-order valence-corrected chi connectivity index (χ3v) is 6.73. The third-order valence-electron chi connectivity index (χ3n) is 6.73. The lowest BCUT2D eigenvalue weighted by molar-refractivity contribution is -0.138. The molecule has 0 spiro atoms. The highest BCUT2D eigenvalue weighted by Gasteiger charge is 2.37. The zero-order valence-corrected chi connectivity index (χ0v) is 20.2. The molecule has 1 N–H and O–H groups in total. The fourth-order valence-electron chi connectivity index (χ4n) is 4.69. The monoisotopic (exact) mass is 455 g/mol. The lowest BCUT2D eigenvalue weighted by atomic mass is 9.87. The van der Waals surface area contributed by atoms with Crippen molar-refractivity contribution in [2.24, 2.45) is 5.92 Å². The second-order valence-corrected chi connectivity index (χ2v) is 8.85. The summed E-state index contributed by atoms with van der Waals surface area (Å²) in [7, 11) is 0. The number of nitrogens with one attached hydrogen (secondary N) is 1. The molecule has 180 valence electrons. The maximum Gasteiger partial charge on any atom is 0.251 e. The first-order chi connectivity index (χ1) is 15.9. The Hall–Kier alpha value is -2.83. The van der Waals surface area contributed by atoms with Crippen molar-refractivity contribution >= 4 is 17.7 Å². The van der Waals surface area contributed by atoms with Crippen LogP contribution in [0, 0.1) is 5.92 Å². The van der Waals surface area contributed by atoms with E-state index in [2.05, 4.69) is 11.4 Å². The van der Waals surface area contributed by atoms with Crippen molar-refractivity contribution in [2.45, 2.75) is 72.3 Å². The minimum absolute atomic E-state index is 0.0344. The predicted molar refractivity (Wildman–Crippen MR) is 127 cm³/mol. The van der Waals surface area contributed by atoms with Crippen LogP contribution in [0.15, 0.2) is 45.7 Å². The van der Waals surface area contributed by atoms with Crippen LogP contribution in [0.3, 0.4) is 0 Å². The average Bonchev–Trinajstić information content (AvgIpc) is 3.34. The Morgan fingerprint density at radius 1 is 1.24 bits per heavy atom. The Labute approximate surface area is 196 Å². The maximum atomic E-state index is 13.4. The van der Waals surface area contributed by atoms with Gasteiger partial charge in [-0.2, -0.15) is 0 Å². The molecule has 0 radical (unpaired) electrons. The highest BCUT2D eigenvalue weighted by molar-refractivity contribution is 5.98. The summed E-state index contributed by atoms with van der Waals surface area (Å²) in [5.41, 5.74) is 2.78. The maximum absolute atomic E-state index is 13.4. The van der Waals surface area contributed by atoms with Crippen LogP contribution in [0.1, 0.15) is 71.5 Å². The van der Waals surface area contributed by atoms with Gasteiger partial charge in [0.15, 0.2) is 0 Å². The quantitative estimate of drug-likeness (QED) is 0.537. The van der Waals surface area contributed by atoms with Crippen molar-refractivity contribution in [3.63, 3.8) is 0 Å². The second-order valence-electron chi connectivity index (χ2n) is 8.85. The molecule has 1 unspecified atom stereocenters. The van der Waals surface area contributed by atoms with Gasteiger partial charge in [0, 0.05) is 37.3 Å². The van der Waals surface area contributed by atoms with Crippen LogP contribution in [-0.2, 0) is 20.9 Å². The molecule has 2 aliphatic rings. The van der Waals surface area contributed by atoms with Gasteiger partial charge in [-0.3, -0.25) is 14.4 Å². The van der Waals surface area contributed by atoms with E-state index < -0.39 is 5.92 Å². The number of hydrogen-bond donors (Lipinski definition) is 1. The summed E-state index contributed by atoms with van der Waals surface area (Å²) in [4.78, 5) is 42.8. The molecule has 1 aromatic heterocycles. The topological polar surface area (TPSA) is 82.9 Å². The Morgan fingerprint density at radius 3 is 2.67 bits per heavy atom. The third kappa shape index (κ3) is 6.36. The van der Waals surface area contributed by atoms with Crippen LogP contribution in [0.5, 0.6) is 0 Å². The van der Waals surface area contributed by atoms with E-state index in [0.29, 0.717) is 37.4 Å². The zero-order chi connectivity index (χ0) is 23.8. The van der Waals surface area contributed by atoms with Crippen LogP contribution in [0.4, 0.5) is 0 Å². The molecule has 7 nitrogen and oxygen atoms in total. The Morgan fingerprint density at radius 2 is 2.03 bits per heavy atom. The van der Waals surface area contributed by atoms with E-state index in [1.165, 1.54) is 18.4 Å². The summed E-state index contributed by atoms with van der Waals surface area (Å²) >= 11 is 0. The van der Waals surface area contributed by atoms with Gasteiger partial charge in [0.1, 0.15) is 5.76 Å². The summed E-state index contributed by atoms with van der Waals surface area (Å²) < 4.78 is 5.26. The van der Waals surface area contributed by atoms with Crippen molar-refractivity contribution in [3.8, 4) is 0 Å². The van der Waals surface area contributed by atoms with Crippen molar-refractivity contribution in [1.82, 2.24) is 15.1 Å². The molecular formula is C26H37N3O4. The highest BCUT2D eigenvalue weighted by atomic mass is 16.3. The van der Waals surface area contributed by atoms with E-state index in [9.17, 15) is 14.4 Å². The van der Waals surface area contributed by atoms with Crippen LogP contribution >= 0.6 is 0 Å². The molecule has 0 saturated heterocycles. The van der Waals surface area contributed by atoms with Crippen molar-refractivity contribution in [1.29, 1.82) is 0 Å². The van der Waals surface area contributed by atoms with Gasteiger partial charge in [-0.15, -0.1) is 0 Å². The number of hydrogen-bond acceptors (Lipinski definition) is 4. The van der Waals surface area contributed by atoms with Crippen molar-refractivity contribution < 1.29 is 18.8 Å². The van der Waals surface area contributed by atoms with Gasteiger partial charge in [0.25, 0.3) is 5.91 Å². The average molecular weight is 456 g/mol. The molecule has 7 heteroatoms. The molecule has 0 bridgehead atoms. The molecule has 0 saturated carbocycles. The molecule has 0 fully saturated rings. The zero-order valence-electron chi connectivity index (χ0n) is 20.2. The Kier molecular flexibility index (Phi) is 8.92. The summed E-state index contributed by atoms with van der Waals surface area (Å²) in [6.45, 7) is 7.84. The largest absolute Gasteiger partial charge is 0.467 e. The number of carbonyl (C=O) groups is 3. The molecule has 1 atom stereocenters. The number of amides is 3. The minimum Gasteiger partial charge on any atom is -0.467 e. The SMILES string of the molecule is CCN(CC)C(=O)C1=C(C)N(CCC2=CCCCC2)C(=O)C(CC(=O)NCc2ccco2)C1. The molecule has 1 aliphatic heterocycles. The second kappa shape index (κ2) is 11.9. The van der Waals surface area contributed by atoms with Gasteiger partial charge in [-0.25, -0.2) is 0 Å². The minimum atomic E-state index is -0.542. The Balaban J connectivity index is 1.75. The highest BCUT2D eigenvalue weighted by Crippen LogP contribution is 2.32. The molecular weight excluding hydrogens is 418 g/mol. The fourth-order valence-corrected chi connectivity index (χ4v) is 4.69. The molecule has 33 heavy (non-hydrogen) atoms. The number of furan rings is 1. The van der Waals surface area contributed by atoms with Crippen molar-refractivity contribution in [3.05, 3.63) is 47.1 Å². The van der Waals surface area contributed by atoms with Gasteiger partial charge < -0.3 is 19.5 Å².